The third kappa shape index (κ3) is 5.14. The van der Waals surface area contributed by atoms with Gasteiger partial charge in [0.25, 0.3) is 14.4 Å². The van der Waals surface area contributed by atoms with Crippen LogP contribution in [0.5, 0.6) is 5.75 Å². The predicted molar refractivity (Wildman–Crippen MR) is 117 cm³/mol. The van der Waals surface area contributed by atoms with Gasteiger partial charge >= 0.3 is 0 Å². The van der Waals surface area contributed by atoms with Gasteiger partial charge in [0.15, 0.2) is 0 Å². The Kier molecular flexibility index (Phi) is 7.01. The van der Waals surface area contributed by atoms with Crippen LogP contribution in [-0.4, -0.2) is 38.2 Å². The number of hydrogen-bond acceptors (Lipinski definition) is 7. The Bertz CT molecular complexity index is 1080. The maximum Gasteiger partial charge on any atom is 0.293 e. The molecule has 0 saturated carbocycles. The zero-order chi connectivity index (χ0) is 21.6. The minimum atomic E-state index is -3.91. The zero-order valence-electron chi connectivity index (χ0n) is 16.6. The Morgan fingerprint density at radius 1 is 1.10 bits per heavy atom. The molecule has 0 atom stereocenters. The molecular weight excluding hydrogens is 424 g/mol. The van der Waals surface area contributed by atoms with Crippen LogP contribution in [0.2, 0.25) is 0 Å². The van der Waals surface area contributed by atoms with Gasteiger partial charge in [-0.05, 0) is 43.2 Å². The van der Waals surface area contributed by atoms with Crippen molar-refractivity contribution in [1.82, 2.24) is 10.2 Å². The van der Waals surface area contributed by atoms with Gasteiger partial charge in [0.1, 0.15) is 5.75 Å². The first-order valence-electron chi connectivity index (χ1n) is 9.28. The molecule has 8 nitrogen and oxygen atoms in total. The highest BCUT2D eigenvalue weighted by molar-refractivity contribution is 7.94. The lowest BCUT2D eigenvalue weighted by Gasteiger charge is -2.21. The molecule has 158 valence electrons. The van der Waals surface area contributed by atoms with Crippen molar-refractivity contribution in [2.24, 2.45) is 0 Å². The molecule has 10 heteroatoms. The molecule has 3 rings (SSSR count). The van der Waals surface area contributed by atoms with Gasteiger partial charge in [-0.25, -0.2) is 0 Å². The predicted octanol–water partition coefficient (Wildman–Crippen LogP) is 3.33. The first-order valence-corrected chi connectivity index (χ1v) is 11.5. The molecule has 0 spiro atoms. The van der Waals surface area contributed by atoms with Crippen LogP contribution in [-0.2, 0) is 21.2 Å². The number of carbonyl (C=O) groups is 1. The van der Waals surface area contributed by atoms with E-state index < -0.39 is 10.0 Å². The van der Waals surface area contributed by atoms with Gasteiger partial charge in [-0.1, -0.05) is 41.7 Å². The Morgan fingerprint density at radius 2 is 1.80 bits per heavy atom. The van der Waals surface area contributed by atoms with E-state index in [9.17, 15) is 13.2 Å². The van der Waals surface area contributed by atoms with E-state index in [1.165, 1.54) is 4.31 Å². The lowest BCUT2D eigenvalue weighted by Crippen LogP contribution is -2.30. The van der Waals surface area contributed by atoms with Crippen LogP contribution in [0.3, 0.4) is 0 Å². The van der Waals surface area contributed by atoms with E-state index in [1.54, 1.807) is 38.3 Å². The number of carbonyl (C=O) groups excluding carboxylic acids is 1. The molecule has 1 heterocycles. The average Bonchev–Trinajstić information content (AvgIpc) is 3.23. The van der Waals surface area contributed by atoms with E-state index in [0.29, 0.717) is 17.9 Å². The van der Waals surface area contributed by atoms with Crippen LogP contribution < -0.4 is 14.4 Å². The molecule has 0 fully saturated rings. The number of nitrogens with one attached hydrogen (secondary N) is 1. The van der Waals surface area contributed by atoms with Gasteiger partial charge < -0.3 is 10.1 Å². The maximum atomic E-state index is 13.0. The molecule has 1 aromatic heterocycles. The van der Waals surface area contributed by atoms with E-state index >= 15 is 0 Å². The van der Waals surface area contributed by atoms with Crippen LogP contribution in [0.1, 0.15) is 18.9 Å². The van der Waals surface area contributed by atoms with Crippen molar-refractivity contribution in [3.8, 4) is 5.75 Å². The van der Waals surface area contributed by atoms with E-state index in [-0.39, 0.29) is 28.3 Å². The summed E-state index contributed by atoms with van der Waals surface area (Å²) < 4.78 is 32.2. The second-order valence-electron chi connectivity index (χ2n) is 6.27. The SMILES string of the molecule is CCN(c1ccc(OC)cc1)S(=O)(=O)c1nnc(NC(=O)CCc2ccccc2)s1. The summed E-state index contributed by atoms with van der Waals surface area (Å²) in [5.41, 5.74) is 1.54. The van der Waals surface area contributed by atoms with Crippen LogP contribution in [0.15, 0.2) is 58.9 Å². The Hall–Kier alpha value is -2.98. The number of hydrogen-bond donors (Lipinski definition) is 1. The largest absolute Gasteiger partial charge is 0.497 e. The third-order valence-electron chi connectivity index (χ3n) is 4.29. The Balaban J connectivity index is 1.68. The minimum Gasteiger partial charge on any atom is -0.497 e. The van der Waals surface area contributed by atoms with Crippen LogP contribution in [0.25, 0.3) is 0 Å². The molecule has 3 aromatic rings. The fourth-order valence-electron chi connectivity index (χ4n) is 2.78. The molecule has 0 aliphatic rings. The van der Waals surface area contributed by atoms with Crippen molar-refractivity contribution < 1.29 is 17.9 Å². The Labute approximate surface area is 179 Å². The topological polar surface area (TPSA) is 101 Å². The molecule has 1 N–H and O–H groups in total. The molecular formula is C20H22N4O4S2. The minimum absolute atomic E-state index is 0.150. The number of methoxy groups -OCH3 is 1. The van der Waals surface area contributed by atoms with Gasteiger partial charge in [0, 0.05) is 13.0 Å². The molecule has 0 bridgehead atoms. The van der Waals surface area contributed by atoms with Crippen molar-refractivity contribution in [2.45, 2.75) is 24.1 Å². The number of sulfonamides is 1. The lowest BCUT2D eigenvalue weighted by atomic mass is 10.1. The number of amides is 1. The number of aromatic nitrogens is 2. The molecule has 30 heavy (non-hydrogen) atoms. The summed E-state index contributed by atoms with van der Waals surface area (Å²) in [6.07, 6.45) is 0.844. The molecule has 1 amide bonds. The summed E-state index contributed by atoms with van der Waals surface area (Å²) in [5.74, 6) is 0.380. The normalized spacial score (nSPS) is 11.1. The highest BCUT2D eigenvalue weighted by atomic mass is 32.2. The maximum absolute atomic E-state index is 13.0. The van der Waals surface area contributed by atoms with Crippen LogP contribution in [0, 0.1) is 0 Å². The summed E-state index contributed by atoms with van der Waals surface area (Å²) in [6.45, 7) is 1.95. The van der Waals surface area contributed by atoms with Crippen molar-refractivity contribution in [3.05, 3.63) is 60.2 Å². The molecule has 0 radical (unpaired) electrons. The lowest BCUT2D eigenvalue weighted by molar-refractivity contribution is -0.116. The smallest absolute Gasteiger partial charge is 0.293 e. The fourth-order valence-corrected chi connectivity index (χ4v) is 5.28. The van der Waals surface area contributed by atoms with Crippen molar-refractivity contribution in [3.63, 3.8) is 0 Å². The summed E-state index contributed by atoms with van der Waals surface area (Å²) in [4.78, 5) is 12.2. The standard InChI is InChI=1S/C20H22N4O4S2/c1-3-24(16-10-12-17(28-2)13-11-16)30(26,27)20-23-22-19(29-20)21-18(25)14-9-15-7-5-4-6-8-15/h4-8,10-13H,3,9,14H2,1-2H3,(H,21,22,25). The summed E-state index contributed by atoms with van der Waals surface area (Å²) in [6, 6.07) is 16.3. The number of rotatable bonds is 9. The zero-order valence-corrected chi connectivity index (χ0v) is 18.2. The average molecular weight is 447 g/mol. The van der Waals surface area contributed by atoms with Crippen molar-refractivity contribution in [2.75, 3.05) is 23.3 Å². The summed E-state index contributed by atoms with van der Waals surface area (Å²) in [5, 5.41) is 10.4. The number of benzene rings is 2. The highest BCUT2D eigenvalue weighted by Gasteiger charge is 2.28. The van der Waals surface area contributed by atoms with Crippen LogP contribution in [0.4, 0.5) is 10.8 Å². The Morgan fingerprint density at radius 3 is 2.43 bits per heavy atom. The number of ether oxygens (including phenoxy) is 1. The quantitative estimate of drug-likeness (QED) is 0.506. The monoisotopic (exact) mass is 446 g/mol. The van der Waals surface area contributed by atoms with Gasteiger partial charge in [-0.3, -0.25) is 9.10 Å². The van der Waals surface area contributed by atoms with Gasteiger partial charge in [0.2, 0.25) is 11.0 Å². The first-order chi connectivity index (χ1) is 14.4. The van der Waals surface area contributed by atoms with E-state index in [4.69, 9.17) is 4.74 Å². The third-order valence-corrected chi connectivity index (χ3v) is 7.38. The van der Waals surface area contributed by atoms with Gasteiger partial charge in [0.05, 0.1) is 12.8 Å². The number of aryl methyl sites for hydroxylation is 1. The summed E-state index contributed by atoms with van der Waals surface area (Å²) >= 11 is 0.827. The van der Waals surface area contributed by atoms with Crippen LogP contribution >= 0.6 is 11.3 Å². The summed E-state index contributed by atoms with van der Waals surface area (Å²) in [7, 11) is -2.37. The van der Waals surface area contributed by atoms with E-state index in [1.807, 2.05) is 30.3 Å². The highest BCUT2D eigenvalue weighted by Crippen LogP contribution is 2.28. The molecule has 0 saturated heterocycles. The van der Waals surface area contributed by atoms with Crippen molar-refractivity contribution >= 4 is 38.1 Å². The second-order valence-corrected chi connectivity index (χ2v) is 9.29. The van der Waals surface area contributed by atoms with Gasteiger partial charge in [-0.2, -0.15) is 8.42 Å². The molecule has 0 unspecified atom stereocenters. The van der Waals surface area contributed by atoms with E-state index in [0.717, 1.165) is 16.9 Å². The van der Waals surface area contributed by atoms with Gasteiger partial charge in [-0.15, -0.1) is 10.2 Å². The first kappa shape index (κ1) is 21.7. The fraction of sp³-hybridized carbons (Fsp3) is 0.250. The second kappa shape index (κ2) is 9.68. The number of anilines is 2. The molecule has 0 aliphatic heterocycles. The molecule has 0 aliphatic carbocycles. The number of nitrogens with zero attached hydrogens (tertiary/aromatic N) is 3. The molecule has 2 aromatic carbocycles. The van der Waals surface area contributed by atoms with E-state index in [2.05, 4.69) is 15.5 Å². The van der Waals surface area contributed by atoms with Crippen molar-refractivity contribution in [1.29, 1.82) is 0 Å².